The Morgan fingerprint density at radius 1 is 1.44 bits per heavy atom. The van der Waals surface area contributed by atoms with E-state index in [1.165, 1.54) is 11.8 Å². The minimum absolute atomic E-state index is 0.0716. The molecule has 0 radical (unpaired) electrons. The van der Waals surface area contributed by atoms with Crippen molar-refractivity contribution in [3.63, 3.8) is 0 Å². The Labute approximate surface area is 106 Å². The molecule has 0 saturated carbocycles. The van der Waals surface area contributed by atoms with Crippen LogP contribution in [0.2, 0.25) is 0 Å². The van der Waals surface area contributed by atoms with Crippen LogP contribution in [0.1, 0.15) is 6.92 Å². The van der Waals surface area contributed by atoms with E-state index in [4.69, 9.17) is 10.8 Å². The van der Waals surface area contributed by atoms with Crippen molar-refractivity contribution >= 4 is 35.2 Å². The molecule has 1 saturated heterocycles. The lowest BCUT2D eigenvalue weighted by Gasteiger charge is -2.47. The predicted molar refractivity (Wildman–Crippen MR) is 61.4 cm³/mol. The molecule has 1 fully saturated rings. The van der Waals surface area contributed by atoms with Gasteiger partial charge in [-0.3, -0.25) is 19.3 Å². The number of hydrogen-bond acceptors (Lipinski definition) is 6. The first kappa shape index (κ1) is 12.8. The van der Waals surface area contributed by atoms with Gasteiger partial charge in [-0.1, -0.05) is 0 Å². The standard InChI is InChI=1S/C10H10N2O5S/c1-3(13)7(14)4-2-18-9-5(11)8(15)12(9)6(4)10(16)17/h5,9H,2,11H2,1H3,(H,16,17). The van der Waals surface area contributed by atoms with Gasteiger partial charge in [-0.25, -0.2) is 4.79 Å². The van der Waals surface area contributed by atoms with Gasteiger partial charge in [0.25, 0.3) is 0 Å². The number of carbonyl (C=O) groups is 4. The summed E-state index contributed by atoms with van der Waals surface area (Å²) in [6, 6.07) is -0.752. The number of nitrogens with zero attached hydrogens (tertiary/aromatic N) is 1. The third-order valence-electron chi connectivity index (χ3n) is 2.81. The van der Waals surface area contributed by atoms with Crippen molar-refractivity contribution in [2.75, 3.05) is 5.75 Å². The molecular weight excluding hydrogens is 260 g/mol. The Bertz CT molecular complexity index is 512. The second-order valence-corrected chi connectivity index (χ2v) is 5.06. The first-order valence-corrected chi connectivity index (χ1v) is 6.13. The van der Waals surface area contributed by atoms with Gasteiger partial charge in [-0.15, -0.1) is 11.8 Å². The maximum absolute atomic E-state index is 11.6. The summed E-state index contributed by atoms with van der Waals surface area (Å²) in [7, 11) is 0. The Morgan fingerprint density at radius 3 is 2.56 bits per heavy atom. The number of fused-ring (bicyclic) bond motifs is 1. The van der Waals surface area contributed by atoms with Crippen LogP contribution in [-0.2, 0) is 19.2 Å². The fraction of sp³-hybridized carbons (Fsp3) is 0.400. The van der Waals surface area contributed by atoms with Gasteiger partial charge in [0.1, 0.15) is 17.1 Å². The zero-order valence-electron chi connectivity index (χ0n) is 9.37. The fourth-order valence-electron chi connectivity index (χ4n) is 1.90. The van der Waals surface area contributed by atoms with Gasteiger partial charge in [0.2, 0.25) is 11.7 Å². The number of nitrogens with two attached hydrogens (primary N) is 1. The molecule has 0 aromatic carbocycles. The molecule has 2 heterocycles. The normalized spacial score (nSPS) is 26.6. The number of ketones is 2. The molecule has 0 bridgehead atoms. The van der Waals surface area contributed by atoms with Gasteiger partial charge >= 0.3 is 5.97 Å². The fourth-order valence-corrected chi connectivity index (χ4v) is 3.19. The average molecular weight is 270 g/mol. The molecular formula is C10H10N2O5S. The van der Waals surface area contributed by atoms with E-state index in [-0.39, 0.29) is 11.3 Å². The van der Waals surface area contributed by atoms with Crippen molar-refractivity contribution in [2.45, 2.75) is 18.3 Å². The van der Waals surface area contributed by atoms with E-state index in [1.807, 2.05) is 0 Å². The van der Waals surface area contributed by atoms with Crippen LogP contribution in [0.3, 0.4) is 0 Å². The van der Waals surface area contributed by atoms with E-state index in [0.29, 0.717) is 0 Å². The molecule has 8 heteroatoms. The van der Waals surface area contributed by atoms with E-state index >= 15 is 0 Å². The quantitative estimate of drug-likeness (QED) is 0.484. The van der Waals surface area contributed by atoms with Gasteiger partial charge in [0.05, 0.1) is 0 Å². The number of aliphatic carboxylic acids is 1. The molecule has 2 rings (SSSR count). The molecule has 7 nitrogen and oxygen atoms in total. The largest absolute Gasteiger partial charge is 0.477 e. The molecule has 0 aromatic rings. The molecule has 18 heavy (non-hydrogen) atoms. The summed E-state index contributed by atoms with van der Waals surface area (Å²) in [4.78, 5) is 46.4. The summed E-state index contributed by atoms with van der Waals surface area (Å²) in [5, 5.41) is 8.63. The highest BCUT2D eigenvalue weighted by atomic mass is 32.2. The van der Waals surface area contributed by atoms with Crippen molar-refractivity contribution in [3.8, 4) is 0 Å². The molecule has 3 N–H and O–H groups in total. The van der Waals surface area contributed by atoms with E-state index in [2.05, 4.69) is 0 Å². The number of thioether (sulfide) groups is 1. The topological polar surface area (TPSA) is 118 Å². The number of amides is 1. The molecule has 0 aliphatic carbocycles. The van der Waals surface area contributed by atoms with Gasteiger partial charge in [-0.2, -0.15) is 0 Å². The second kappa shape index (κ2) is 4.21. The highest BCUT2D eigenvalue weighted by Gasteiger charge is 2.52. The van der Waals surface area contributed by atoms with Crippen LogP contribution < -0.4 is 5.73 Å². The Morgan fingerprint density at radius 2 is 2.06 bits per heavy atom. The molecule has 2 aliphatic heterocycles. The minimum Gasteiger partial charge on any atom is -0.477 e. The van der Waals surface area contributed by atoms with Crippen LogP contribution in [0.4, 0.5) is 0 Å². The lowest BCUT2D eigenvalue weighted by atomic mass is 10.0. The zero-order chi connectivity index (χ0) is 13.6. The molecule has 0 spiro atoms. The monoisotopic (exact) mass is 270 g/mol. The lowest BCUT2D eigenvalue weighted by Crippen LogP contribution is -2.68. The summed E-state index contributed by atoms with van der Waals surface area (Å²) < 4.78 is 0. The number of carboxylic acid groups (broad SMARTS) is 1. The zero-order valence-corrected chi connectivity index (χ0v) is 10.2. The molecule has 96 valence electrons. The maximum Gasteiger partial charge on any atom is 0.353 e. The second-order valence-electron chi connectivity index (χ2n) is 3.95. The Kier molecular flexibility index (Phi) is 2.99. The van der Waals surface area contributed by atoms with Gasteiger partial charge in [-0.05, 0) is 0 Å². The molecule has 2 unspecified atom stereocenters. The highest BCUT2D eigenvalue weighted by molar-refractivity contribution is 8.00. The van der Waals surface area contributed by atoms with Crippen molar-refractivity contribution in [3.05, 3.63) is 11.3 Å². The van der Waals surface area contributed by atoms with Crippen molar-refractivity contribution in [1.82, 2.24) is 4.90 Å². The van der Waals surface area contributed by atoms with Gasteiger partial charge in [0.15, 0.2) is 5.78 Å². The third kappa shape index (κ3) is 1.65. The van der Waals surface area contributed by atoms with E-state index in [1.54, 1.807) is 0 Å². The number of carboxylic acids is 1. The smallest absolute Gasteiger partial charge is 0.353 e. The first-order chi connectivity index (χ1) is 8.36. The number of β-lactam (4-membered cyclic amide) rings is 1. The summed E-state index contributed by atoms with van der Waals surface area (Å²) in [6.07, 6.45) is 0. The summed E-state index contributed by atoms with van der Waals surface area (Å²) in [5.74, 6) is -3.49. The molecule has 2 atom stereocenters. The molecule has 0 aromatic heterocycles. The summed E-state index contributed by atoms with van der Waals surface area (Å²) in [5.41, 5.74) is 4.99. The SMILES string of the molecule is CC(=O)C(=O)C1=C(C(=O)O)N2C(=O)C(N)C2SC1. The summed E-state index contributed by atoms with van der Waals surface area (Å²) in [6.45, 7) is 1.06. The molecule has 1 amide bonds. The Balaban J connectivity index is 2.48. The lowest BCUT2D eigenvalue weighted by molar-refractivity contribution is -0.148. The number of Topliss-reactive ketones (excluding diaryl/α,β-unsaturated/α-hetero) is 2. The van der Waals surface area contributed by atoms with E-state index in [0.717, 1.165) is 11.8 Å². The van der Waals surface area contributed by atoms with E-state index in [9.17, 15) is 19.2 Å². The average Bonchev–Trinajstić information content (AvgIpc) is 2.34. The van der Waals surface area contributed by atoms with E-state index < -0.39 is 40.6 Å². The predicted octanol–water partition coefficient (Wildman–Crippen LogP) is -1.27. The van der Waals surface area contributed by atoms with Crippen molar-refractivity contribution in [2.24, 2.45) is 5.73 Å². The van der Waals surface area contributed by atoms with Crippen LogP contribution in [0.5, 0.6) is 0 Å². The molecule has 2 aliphatic rings. The summed E-state index contributed by atoms with van der Waals surface area (Å²) >= 11 is 1.19. The van der Waals surface area contributed by atoms with Crippen LogP contribution >= 0.6 is 11.8 Å². The van der Waals surface area contributed by atoms with Crippen molar-refractivity contribution in [1.29, 1.82) is 0 Å². The minimum atomic E-state index is -1.40. The van der Waals surface area contributed by atoms with Gasteiger partial charge in [0, 0.05) is 18.2 Å². The van der Waals surface area contributed by atoms with Crippen LogP contribution in [0, 0.1) is 0 Å². The van der Waals surface area contributed by atoms with Crippen molar-refractivity contribution < 1.29 is 24.3 Å². The highest BCUT2D eigenvalue weighted by Crippen LogP contribution is 2.39. The van der Waals surface area contributed by atoms with Crippen LogP contribution in [0.25, 0.3) is 0 Å². The third-order valence-corrected chi connectivity index (χ3v) is 4.11. The van der Waals surface area contributed by atoms with Gasteiger partial charge < -0.3 is 10.8 Å². The van der Waals surface area contributed by atoms with Crippen LogP contribution in [-0.4, -0.2) is 50.6 Å². The Hall–Kier alpha value is -1.67. The maximum atomic E-state index is 11.6. The first-order valence-electron chi connectivity index (χ1n) is 5.08. The number of rotatable bonds is 3. The number of carbonyl (C=O) groups excluding carboxylic acids is 3. The van der Waals surface area contributed by atoms with Crippen LogP contribution in [0.15, 0.2) is 11.3 Å². The number of hydrogen-bond donors (Lipinski definition) is 2.